The molecule has 0 saturated heterocycles. The van der Waals surface area contributed by atoms with Crippen LogP contribution in [0.25, 0.3) is 39.0 Å². The minimum atomic E-state index is -1.01. The lowest BCUT2D eigenvalue weighted by molar-refractivity contribution is -0.0893. The second kappa shape index (κ2) is 7.95. The quantitative estimate of drug-likeness (QED) is 0.404. The second-order valence-electron chi connectivity index (χ2n) is 9.47. The molecule has 2 aromatic heterocycles. The van der Waals surface area contributed by atoms with Crippen molar-refractivity contribution in [1.82, 2.24) is 14.4 Å². The summed E-state index contributed by atoms with van der Waals surface area (Å²) >= 11 is 0. The number of nitriles is 1. The highest BCUT2D eigenvalue weighted by molar-refractivity contribution is 6.47. The van der Waals surface area contributed by atoms with E-state index >= 15 is 0 Å². The summed E-state index contributed by atoms with van der Waals surface area (Å²) in [6.45, 7) is 7.16. The van der Waals surface area contributed by atoms with Crippen LogP contribution in [0, 0.1) is 11.3 Å². The summed E-state index contributed by atoms with van der Waals surface area (Å²) in [5, 5.41) is 20.5. The lowest BCUT2D eigenvalue weighted by Crippen LogP contribution is -2.49. The Bertz CT molecular complexity index is 1570. The zero-order chi connectivity index (χ0) is 24.1. The molecule has 7 heteroatoms. The highest BCUT2D eigenvalue weighted by Gasteiger charge is 2.35. The van der Waals surface area contributed by atoms with Crippen molar-refractivity contribution in [2.75, 3.05) is 0 Å². The molecule has 0 unspecified atom stereocenters. The first-order valence-corrected chi connectivity index (χ1v) is 11.1. The Morgan fingerprint density at radius 1 is 0.941 bits per heavy atom. The Hall–Kier alpha value is -3.73. The smallest absolute Gasteiger partial charge is 0.330 e. The second-order valence-corrected chi connectivity index (χ2v) is 9.47. The molecule has 2 heterocycles. The zero-order valence-electron chi connectivity index (χ0n) is 19.6. The first kappa shape index (κ1) is 22.1. The number of imidazole rings is 1. The third-order valence-corrected chi connectivity index (χ3v) is 6.50. The summed E-state index contributed by atoms with van der Waals surface area (Å²) < 4.78 is 8.02. The molecule has 0 aliphatic heterocycles. The van der Waals surface area contributed by atoms with Gasteiger partial charge in [-0.15, -0.1) is 0 Å². The number of hydrogen-bond acceptors (Lipinski definition) is 5. The maximum absolute atomic E-state index is 10.4. The average Bonchev–Trinajstić information content (AvgIpc) is 3.21. The molecule has 3 aromatic carbocycles. The molecule has 0 fully saturated rings. The van der Waals surface area contributed by atoms with Crippen LogP contribution in [-0.2, 0) is 4.65 Å². The van der Waals surface area contributed by atoms with Crippen LogP contribution in [0.5, 0.6) is 0 Å². The van der Waals surface area contributed by atoms with Crippen LogP contribution in [0.4, 0.5) is 0 Å². The molecule has 6 nitrogen and oxygen atoms in total. The van der Waals surface area contributed by atoms with E-state index in [0.717, 1.165) is 44.4 Å². The molecule has 0 aliphatic rings. The van der Waals surface area contributed by atoms with E-state index in [1.807, 2.05) is 68.4 Å². The Balaban J connectivity index is 1.69. The summed E-state index contributed by atoms with van der Waals surface area (Å²) in [4.78, 5) is 9.93. The summed E-state index contributed by atoms with van der Waals surface area (Å²) in [5.74, 6) is 0.746. The number of fused-ring (bicyclic) bond motifs is 5. The van der Waals surface area contributed by atoms with E-state index in [-0.39, 0.29) is 0 Å². The molecule has 5 rings (SSSR count). The molecule has 0 spiro atoms. The van der Waals surface area contributed by atoms with Gasteiger partial charge in [-0.1, -0.05) is 23.7 Å². The van der Waals surface area contributed by atoms with E-state index < -0.39 is 11.2 Å². The molecule has 1 N–H and O–H groups in total. The van der Waals surface area contributed by atoms with Crippen molar-refractivity contribution in [3.63, 3.8) is 0 Å². The molecular weight excluding hydrogens is 423 g/mol. The van der Waals surface area contributed by atoms with Gasteiger partial charge in [-0.25, -0.2) is 9.97 Å². The van der Waals surface area contributed by atoms with E-state index in [1.165, 1.54) is 0 Å². The molecular formula is C27H24BN4O2. The van der Waals surface area contributed by atoms with Gasteiger partial charge in [-0.3, -0.25) is 4.40 Å². The number of hydrogen-bond donors (Lipinski definition) is 1. The molecule has 0 atom stereocenters. The van der Waals surface area contributed by atoms with Crippen LogP contribution in [-0.4, -0.2) is 38.2 Å². The van der Waals surface area contributed by atoms with Crippen molar-refractivity contribution < 1.29 is 9.76 Å². The predicted octanol–water partition coefficient (Wildman–Crippen LogP) is 4.38. The Morgan fingerprint density at radius 2 is 1.68 bits per heavy atom. The number of aromatic nitrogens is 3. The van der Waals surface area contributed by atoms with Crippen molar-refractivity contribution in [1.29, 1.82) is 5.26 Å². The lowest BCUT2D eigenvalue weighted by Gasteiger charge is -2.37. The van der Waals surface area contributed by atoms with Gasteiger partial charge in [-0.05, 0) is 76.2 Å². The third-order valence-electron chi connectivity index (χ3n) is 6.50. The van der Waals surface area contributed by atoms with Gasteiger partial charge >= 0.3 is 7.48 Å². The average molecular weight is 447 g/mol. The van der Waals surface area contributed by atoms with E-state index in [4.69, 9.17) is 14.6 Å². The molecule has 0 aliphatic carbocycles. The maximum Gasteiger partial charge on any atom is 0.330 e. The maximum atomic E-state index is 10.4. The number of nitrogens with zero attached hydrogens (tertiary/aromatic N) is 4. The van der Waals surface area contributed by atoms with Crippen LogP contribution in [0.3, 0.4) is 0 Å². The molecule has 1 radical (unpaired) electrons. The van der Waals surface area contributed by atoms with E-state index in [2.05, 4.69) is 10.5 Å². The highest BCUT2D eigenvalue weighted by Crippen LogP contribution is 2.29. The molecule has 0 amide bonds. The Kier molecular flexibility index (Phi) is 5.16. The normalized spacial score (nSPS) is 12.4. The Morgan fingerprint density at radius 3 is 2.38 bits per heavy atom. The highest BCUT2D eigenvalue weighted by atomic mass is 16.5. The fraction of sp³-hybridized carbons (Fsp3) is 0.222. The minimum absolute atomic E-state index is 0.597. The van der Waals surface area contributed by atoms with Crippen LogP contribution in [0.2, 0.25) is 0 Å². The van der Waals surface area contributed by atoms with Gasteiger partial charge in [0.25, 0.3) is 0 Å². The summed E-state index contributed by atoms with van der Waals surface area (Å²) in [7, 11) is 1.66. The van der Waals surface area contributed by atoms with Crippen molar-refractivity contribution >= 4 is 40.5 Å². The molecule has 0 saturated carbocycles. The topological polar surface area (TPSA) is 83.4 Å². The number of rotatable bonds is 5. The van der Waals surface area contributed by atoms with Crippen molar-refractivity contribution in [2.45, 2.75) is 38.9 Å². The van der Waals surface area contributed by atoms with Crippen molar-refractivity contribution in [3.05, 3.63) is 72.3 Å². The van der Waals surface area contributed by atoms with Crippen LogP contribution >= 0.6 is 0 Å². The third kappa shape index (κ3) is 3.71. The van der Waals surface area contributed by atoms with Gasteiger partial charge in [0.1, 0.15) is 11.5 Å². The molecule has 167 valence electrons. The lowest BCUT2D eigenvalue weighted by atomic mass is 9.82. The summed E-state index contributed by atoms with van der Waals surface area (Å²) in [6.07, 6.45) is 0. The zero-order valence-corrected chi connectivity index (χ0v) is 19.6. The van der Waals surface area contributed by atoms with Gasteiger partial charge in [0.2, 0.25) is 0 Å². The molecule has 5 aromatic rings. The van der Waals surface area contributed by atoms with Gasteiger partial charge in [0, 0.05) is 10.9 Å². The monoisotopic (exact) mass is 447 g/mol. The summed E-state index contributed by atoms with van der Waals surface area (Å²) in [5.41, 5.74) is 3.99. The number of benzene rings is 3. The predicted molar refractivity (Wildman–Crippen MR) is 135 cm³/mol. The van der Waals surface area contributed by atoms with Crippen LogP contribution < -0.4 is 5.46 Å². The van der Waals surface area contributed by atoms with Crippen LogP contribution in [0.15, 0.2) is 66.7 Å². The van der Waals surface area contributed by atoms with Gasteiger partial charge in [0.05, 0.1) is 39.4 Å². The fourth-order valence-corrected chi connectivity index (χ4v) is 3.74. The largest absolute Gasteiger partial charge is 0.427 e. The first-order chi connectivity index (χ1) is 16.2. The van der Waals surface area contributed by atoms with Gasteiger partial charge in [0.15, 0.2) is 0 Å². The van der Waals surface area contributed by atoms with Gasteiger partial charge < -0.3 is 9.76 Å². The SMILES string of the molecule is CC(C)(O)C(C)(C)O[B]c1ccc2c(c1)nc(-c1ccc(C#N)cc1)n1c3ccccc3nc21. The standard InChI is InChI=1S/C27H24BN4O2/c1-26(2,33)27(3,4)34-28-19-13-14-20-22(15-19)31-24(18-11-9-17(16-29)10-12-18)32-23-8-6-5-7-21(23)30-25(20)32/h5-15,33H,1-4H3. The molecule has 0 bridgehead atoms. The Labute approximate surface area is 198 Å². The minimum Gasteiger partial charge on any atom is -0.427 e. The van der Waals surface area contributed by atoms with Crippen LogP contribution in [0.1, 0.15) is 33.3 Å². The van der Waals surface area contributed by atoms with Crippen molar-refractivity contribution in [3.8, 4) is 17.5 Å². The number of aliphatic hydroxyl groups is 1. The van der Waals surface area contributed by atoms with Gasteiger partial charge in [-0.2, -0.15) is 5.26 Å². The van der Waals surface area contributed by atoms with E-state index in [9.17, 15) is 10.4 Å². The first-order valence-electron chi connectivity index (χ1n) is 11.1. The fourth-order valence-electron chi connectivity index (χ4n) is 3.74. The van der Waals surface area contributed by atoms with Crippen molar-refractivity contribution in [2.24, 2.45) is 0 Å². The van der Waals surface area contributed by atoms with E-state index in [1.54, 1.807) is 33.5 Å². The molecule has 34 heavy (non-hydrogen) atoms. The van der Waals surface area contributed by atoms with E-state index in [0.29, 0.717) is 5.56 Å². The number of para-hydroxylation sites is 2. The summed E-state index contributed by atoms with van der Waals surface area (Å²) in [6, 6.07) is 23.5.